The molecule has 3 aromatic rings. The standard InChI is InChI=1S/C18H14F2N4O2S/c19-13-5-4-12(7-14(13)20)22-15(25)9-27-16-6-3-11(8-21-16)18-23-17(24-26-18)10-1-2-10/h3-8,10H,1-2,9H2,(H,22,25). The Morgan fingerprint density at radius 1 is 1.22 bits per heavy atom. The number of benzene rings is 1. The van der Waals surface area contributed by atoms with Crippen LogP contribution in [0.2, 0.25) is 0 Å². The van der Waals surface area contributed by atoms with Crippen molar-refractivity contribution >= 4 is 23.4 Å². The second-order valence-corrected chi connectivity index (χ2v) is 7.08. The number of aromatic nitrogens is 3. The van der Waals surface area contributed by atoms with Crippen molar-refractivity contribution in [2.75, 3.05) is 11.1 Å². The number of hydrogen-bond donors (Lipinski definition) is 1. The second kappa shape index (κ2) is 7.43. The molecule has 0 atom stereocenters. The number of pyridine rings is 1. The summed E-state index contributed by atoms with van der Waals surface area (Å²) < 4.78 is 31.3. The van der Waals surface area contributed by atoms with Crippen molar-refractivity contribution in [3.8, 4) is 11.5 Å². The Morgan fingerprint density at radius 2 is 2.07 bits per heavy atom. The lowest BCUT2D eigenvalue weighted by atomic mass is 10.3. The second-order valence-electron chi connectivity index (χ2n) is 6.08. The van der Waals surface area contributed by atoms with Gasteiger partial charge in [-0.1, -0.05) is 16.9 Å². The maximum Gasteiger partial charge on any atom is 0.259 e. The highest BCUT2D eigenvalue weighted by Crippen LogP contribution is 2.38. The van der Waals surface area contributed by atoms with Gasteiger partial charge in [0.05, 0.1) is 16.3 Å². The zero-order valence-corrected chi connectivity index (χ0v) is 14.8. The highest BCUT2D eigenvalue weighted by atomic mass is 32.2. The van der Waals surface area contributed by atoms with Crippen molar-refractivity contribution in [3.05, 3.63) is 54.0 Å². The van der Waals surface area contributed by atoms with E-state index in [-0.39, 0.29) is 17.3 Å². The van der Waals surface area contributed by atoms with Gasteiger partial charge in [0, 0.05) is 23.9 Å². The monoisotopic (exact) mass is 388 g/mol. The predicted octanol–water partition coefficient (Wildman–Crippen LogP) is 4.02. The van der Waals surface area contributed by atoms with E-state index >= 15 is 0 Å². The smallest absolute Gasteiger partial charge is 0.259 e. The molecule has 0 unspecified atom stereocenters. The molecule has 1 saturated carbocycles. The van der Waals surface area contributed by atoms with E-state index in [1.54, 1.807) is 18.3 Å². The van der Waals surface area contributed by atoms with Crippen molar-refractivity contribution in [1.82, 2.24) is 15.1 Å². The van der Waals surface area contributed by atoms with Crippen LogP contribution >= 0.6 is 11.8 Å². The summed E-state index contributed by atoms with van der Waals surface area (Å²) in [7, 11) is 0. The Hall–Kier alpha value is -2.81. The molecule has 2 aromatic heterocycles. The van der Waals surface area contributed by atoms with Crippen molar-refractivity contribution in [3.63, 3.8) is 0 Å². The fourth-order valence-corrected chi connectivity index (χ4v) is 3.00. The molecule has 9 heteroatoms. The number of halogens is 2. The fourth-order valence-electron chi connectivity index (χ4n) is 2.36. The number of anilines is 1. The molecule has 2 heterocycles. The van der Waals surface area contributed by atoms with Gasteiger partial charge < -0.3 is 9.84 Å². The number of thioether (sulfide) groups is 1. The Bertz CT molecular complexity index is 974. The lowest BCUT2D eigenvalue weighted by Crippen LogP contribution is -2.14. The van der Waals surface area contributed by atoms with Crippen LogP contribution in [0.25, 0.3) is 11.5 Å². The number of amides is 1. The van der Waals surface area contributed by atoms with Crippen molar-refractivity contribution in [2.24, 2.45) is 0 Å². The van der Waals surface area contributed by atoms with E-state index in [1.165, 1.54) is 17.8 Å². The number of carbonyl (C=O) groups excluding carboxylic acids is 1. The maximum absolute atomic E-state index is 13.1. The van der Waals surface area contributed by atoms with Gasteiger partial charge in [-0.25, -0.2) is 13.8 Å². The number of nitrogens with zero attached hydrogens (tertiary/aromatic N) is 3. The summed E-state index contributed by atoms with van der Waals surface area (Å²) >= 11 is 1.22. The van der Waals surface area contributed by atoms with E-state index in [2.05, 4.69) is 20.4 Å². The van der Waals surface area contributed by atoms with Crippen LogP contribution in [-0.4, -0.2) is 26.8 Å². The van der Waals surface area contributed by atoms with E-state index < -0.39 is 11.6 Å². The zero-order valence-electron chi connectivity index (χ0n) is 14.0. The molecule has 1 fully saturated rings. The Labute approximate surface area is 157 Å². The third-order valence-electron chi connectivity index (χ3n) is 3.92. The first-order valence-corrected chi connectivity index (χ1v) is 9.25. The van der Waals surface area contributed by atoms with Crippen LogP contribution in [0.3, 0.4) is 0 Å². The average molecular weight is 388 g/mol. The van der Waals surface area contributed by atoms with Crippen LogP contribution in [0.15, 0.2) is 46.1 Å². The molecule has 138 valence electrons. The molecule has 6 nitrogen and oxygen atoms in total. The molecule has 0 radical (unpaired) electrons. The minimum atomic E-state index is -1.01. The normalized spacial score (nSPS) is 13.6. The van der Waals surface area contributed by atoms with Gasteiger partial charge in [0.15, 0.2) is 17.5 Å². The molecule has 0 saturated heterocycles. The van der Waals surface area contributed by atoms with E-state index in [0.29, 0.717) is 22.4 Å². The Morgan fingerprint density at radius 3 is 2.78 bits per heavy atom. The molecular weight excluding hydrogens is 374 g/mol. The van der Waals surface area contributed by atoms with Gasteiger partial charge in [0.25, 0.3) is 5.89 Å². The minimum Gasteiger partial charge on any atom is -0.334 e. The van der Waals surface area contributed by atoms with Gasteiger partial charge >= 0.3 is 0 Å². The van der Waals surface area contributed by atoms with Crippen LogP contribution in [0.4, 0.5) is 14.5 Å². The fraction of sp³-hybridized carbons (Fsp3) is 0.222. The molecule has 1 amide bonds. The van der Waals surface area contributed by atoms with E-state index in [4.69, 9.17) is 4.52 Å². The van der Waals surface area contributed by atoms with Gasteiger partial charge in [0.1, 0.15) is 0 Å². The van der Waals surface area contributed by atoms with Crippen molar-refractivity contribution in [1.29, 1.82) is 0 Å². The summed E-state index contributed by atoms with van der Waals surface area (Å²) in [5.41, 5.74) is 0.913. The largest absolute Gasteiger partial charge is 0.334 e. The van der Waals surface area contributed by atoms with Crippen LogP contribution in [0, 0.1) is 11.6 Å². The van der Waals surface area contributed by atoms with Crippen LogP contribution in [-0.2, 0) is 4.79 Å². The van der Waals surface area contributed by atoms with E-state index in [1.807, 2.05) is 0 Å². The van der Waals surface area contributed by atoms with Crippen molar-refractivity contribution in [2.45, 2.75) is 23.8 Å². The SMILES string of the molecule is O=C(CSc1ccc(-c2nc(C3CC3)no2)cn1)Nc1ccc(F)c(F)c1. The number of hydrogen-bond acceptors (Lipinski definition) is 6. The molecule has 1 aromatic carbocycles. The number of carbonyl (C=O) groups is 1. The Kier molecular flexibility index (Phi) is 4.85. The van der Waals surface area contributed by atoms with E-state index in [9.17, 15) is 13.6 Å². The number of rotatable bonds is 6. The molecule has 4 rings (SSSR count). The first-order valence-electron chi connectivity index (χ1n) is 8.26. The minimum absolute atomic E-state index is 0.0811. The molecular formula is C18H14F2N4O2S. The molecule has 27 heavy (non-hydrogen) atoms. The van der Waals surface area contributed by atoms with E-state index in [0.717, 1.165) is 30.8 Å². The van der Waals surface area contributed by atoms with Crippen LogP contribution < -0.4 is 5.32 Å². The molecule has 0 spiro atoms. The summed E-state index contributed by atoms with van der Waals surface area (Å²) in [4.78, 5) is 20.6. The van der Waals surface area contributed by atoms with Gasteiger partial charge in [0.2, 0.25) is 5.91 Å². The zero-order chi connectivity index (χ0) is 18.8. The highest BCUT2D eigenvalue weighted by molar-refractivity contribution is 7.99. The molecule has 0 aliphatic heterocycles. The topological polar surface area (TPSA) is 80.9 Å². The molecule has 1 aliphatic carbocycles. The summed E-state index contributed by atoms with van der Waals surface area (Å²) in [6.45, 7) is 0. The molecule has 1 N–H and O–H groups in total. The summed E-state index contributed by atoms with van der Waals surface area (Å²) in [6.07, 6.45) is 3.80. The van der Waals surface area contributed by atoms with Gasteiger partial charge in [-0.3, -0.25) is 4.79 Å². The predicted molar refractivity (Wildman–Crippen MR) is 95.2 cm³/mol. The average Bonchev–Trinajstić information content (AvgIpc) is 3.40. The van der Waals surface area contributed by atoms with Crippen LogP contribution in [0.5, 0.6) is 0 Å². The quantitative estimate of drug-likeness (QED) is 0.643. The van der Waals surface area contributed by atoms with Gasteiger partial charge in [-0.15, -0.1) is 0 Å². The summed E-state index contributed by atoms with van der Waals surface area (Å²) in [5.74, 6) is -0.658. The van der Waals surface area contributed by atoms with Gasteiger partial charge in [-0.2, -0.15) is 4.98 Å². The number of nitrogens with one attached hydrogen (secondary N) is 1. The highest BCUT2D eigenvalue weighted by Gasteiger charge is 2.29. The van der Waals surface area contributed by atoms with Crippen molar-refractivity contribution < 1.29 is 18.1 Å². The third kappa shape index (κ3) is 4.30. The molecule has 0 bridgehead atoms. The lowest BCUT2D eigenvalue weighted by molar-refractivity contribution is -0.113. The summed E-state index contributed by atoms with van der Waals surface area (Å²) in [6, 6.07) is 6.75. The third-order valence-corrected chi connectivity index (χ3v) is 4.87. The van der Waals surface area contributed by atoms with Gasteiger partial charge in [-0.05, 0) is 37.1 Å². The lowest BCUT2D eigenvalue weighted by Gasteiger charge is -2.05. The molecule has 1 aliphatic rings. The maximum atomic E-state index is 13.1. The van der Waals surface area contributed by atoms with Crippen LogP contribution in [0.1, 0.15) is 24.6 Å². The first kappa shape index (κ1) is 17.6. The Balaban J connectivity index is 1.32. The first-order chi connectivity index (χ1) is 13.1. The summed E-state index contributed by atoms with van der Waals surface area (Å²) in [5, 5.41) is 7.11.